The molecule has 1 aromatic heterocycles. The molecule has 0 bridgehead atoms. The summed E-state index contributed by atoms with van der Waals surface area (Å²) in [6, 6.07) is 16.1. The molecule has 0 radical (unpaired) electrons. The quantitative estimate of drug-likeness (QED) is 0.216. The maximum Gasteiger partial charge on any atom is 0.270 e. The van der Waals surface area contributed by atoms with Gasteiger partial charge in [-0.05, 0) is 5.56 Å². The Balaban J connectivity index is 1.61. The van der Waals surface area contributed by atoms with Gasteiger partial charge in [0.2, 0.25) is 5.16 Å². The lowest BCUT2D eigenvalue weighted by Crippen LogP contribution is -2.13. The number of aromatic nitrogens is 3. The molecular weight excluding hydrogens is 354 g/mol. The number of nitrogens with two attached hydrogens (primary N) is 1. The number of nitro groups is 1. The summed E-state index contributed by atoms with van der Waals surface area (Å²) in [4.78, 5) is 10.3. The predicted molar refractivity (Wildman–Crippen MR) is 100 cm³/mol. The number of benzene rings is 2. The Labute approximate surface area is 153 Å². The maximum absolute atomic E-state index is 10.8. The Hall–Kier alpha value is -3.40. The van der Waals surface area contributed by atoms with Crippen LogP contribution in [-0.4, -0.2) is 26.0 Å². The predicted octanol–water partition coefficient (Wildman–Crippen LogP) is 2.64. The van der Waals surface area contributed by atoms with E-state index in [0.717, 1.165) is 5.56 Å². The van der Waals surface area contributed by atoms with Crippen LogP contribution in [0, 0.1) is 10.1 Å². The highest BCUT2D eigenvalue weighted by Gasteiger charge is 2.09. The maximum atomic E-state index is 10.8. The van der Waals surface area contributed by atoms with E-state index in [9.17, 15) is 10.1 Å². The Morgan fingerprint density at radius 2 is 2.04 bits per heavy atom. The van der Waals surface area contributed by atoms with Crippen molar-refractivity contribution >= 4 is 29.6 Å². The Morgan fingerprint density at radius 3 is 2.81 bits per heavy atom. The van der Waals surface area contributed by atoms with Crippen LogP contribution in [0.3, 0.4) is 0 Å². The average Bonchev–Trinajstić information content (AvgIpc) is 3.01. The van der Waals surface area contributed by atoms with Crippen LogP contribution >= 0.6 is 11.8 Å². The first-order valence-corrected chi connectivity index (χ1v) is 8.53. The van der Waals surface area contributed by atoms with E-state index in [0.29, 0.717) is 16.5 Å². The first-order chi connectivity index (χ1) is 12.6. The molecule has 9 nitrogen and oxygen atoms in total. The van der Waals surface area contributed by atoms with E-state index in [1.807, 2.05) is 30.3 Å². The van der Waals surface area contributed by atoms with Crippen LogP contribution < -0.4 is 11.3 Å². The summed E-state index contributed by atoms with van der Waals surface area (Å²) in [5.74, 6) is 6.94. The zero-order valence-corrected chi connectivity index (χ0v) is 14.3. The summed E-state index contributed by atoms with van der Waals surface area (Å²) < 4.78 is 1.30. The minimum atomic E-state index is -0.461. The van der Waals surface area contributed by atoms with Crippen LogP contribution in [0.15, 0.2) is 64.9 Å². The summed E-state index contributed by atoms with van der Waals surface area (Å²) >= 11 is 1.45. The number of rotatable bonds is 7. The monoisotopic (exact) mass is 369 g/mol. The van der Waals surface area contributed by atoms with E-state index in [2.05, 4.69) is 20.7 Å². The number of nitrogens with one attached hydrogen (secondary N) is 1. The van der Waals surface area contributed by atoms with Gasteiger partial charge in [-0.3, -0.25) is 10.1 Å². The zero-order valence-electron chi connectivity index (χ0n) is 13.5. The zero-order chi connectivity index (χ0) is 18.4. The van der Waals surface area contributed by atoms with Crippen molar-refractivity contribution in [3.63, 3.8) is 0 Å². The lowest BCUT2D eigenvalue weighted by atomic mass is 10.2. The average molecular weight is 369 g/mol. The number of nitrogens with zero attached hydrogens (tertiary/aromatic N) is 5. The minimum Gasteiger partial charge on any atom is -0.334 e. The summed E-state index contributed by atoms with van der Waals surface area (Å²) in [6.07, 6.45) is 1.44. The van der Waals surface area contributed by atoms with Gasteiger partial charge < -0.3 is 5.84 Å². The second-order valence-corrected chi connectivity index (χ2v) is 6.12. The molecule has 0 unspecified atom stereocenters. The number of non-ortho nitro benzene ring substituents is 1. The van der Waals surface area contributed by atoms with Crippen LogP contribution in [0.5, 0.6) is 0 Å². The van der Waals surface area contributed by atoms with E-state index >= 15 is 0 Å². The van der Waals surface area contributed by atoms with Crippen LogP contribution in [0.1, 0.15) is 11.1 Å². The fourth-order valence-electron chi connectivity index (χ4n) is 2.06. The van der Waals surface area contributed by atoms with Gasteiger partial charge in [0, 0.05) is 23.4 Å². The molecule has 0 amide bonds. The topological polar surface area (TPSA) is 124 Å². The van der Waals surface area contributed by atoms with Crippen molar-refractivity contribution in [2.45, 2.75) is 10.9 Å². The SMILES string of the molecule is Nn1c(N/N=C/c2cccc([N+](=O)[O-])c2)nnc1SCc1ccccc1. The van der Waals surface area contributed by atoms with Crippen molar-refractivity contribution in [1.29, 1.82) is 0 Å². The molecule has 0 aliphatic heterocycles. The van der Waals surface area contributed by atoms with Crippen molar-refractivity contribution < 1.29 is 4.92 Å². The molecular formula is C16H15N7O2S. The number of anilines is 1. The first kappa shape index (κ1) is 17.4. The smallest absolute Gasteiger partial charge is 0.270 e. The van der Waals surface area contributed by atoms with Gasteiger partial charge >= 0.3 is 0 Å². The van der Waals surface area contributed by atoms with Crippen molar-refractivity contribution in [3.8, 4) is 0 Å². The lowest BCUT2D eigenvalue weighted by molar-refractivity contribution is -0.384. The van der Waals surface area contributed by atoms with Crippen LogP contribution in [-0.2, 0) is 5.75 Å². The standard InChI is InChI=1S/C16H15N7O2S/c17-22-15(19-18-10-13-7-4-8-14(9-13)23(24)25)20-21-16(22)26-11-12-5-2-1-3-6-12/h1-10H,11,17H2,(H,19,20)/b18-10+. The van der Waals surface area contributed by atoms with Gasteiger partial charge in [0.1, 0.15) is 0 Å². The van der Waals surface area contributed by atoms with Crippen molar-refractivity contribution in [2.75, 3.05) is 11.3 Å². The minimum absolute atomic E-state index is 0.00413. The van der Waals surface area contributed by atoms with E-state index in [-0.39, 0.29) is 11.6 Å². The molecule has 0 spiro atoms. The molecule has 3 rings (SSSR count). The molecule has 10 heteroatoms. The molecule has 0 aliphatic rings. The van der Waals surface area contributed by atoms with E-state index in [1.165, 1.54) is 34.8 Å². The Morgan fingerprint density at radius 1 is 1.23 bits per heavy atom. The largest absolute Gasteiger partial charge is 0.334 e. The van der Waals surface area contributed by atoms with Crippen LogP contribution in [0.25, 0.3) is 0 Å². The summed E-state index contributed by atoms with van der Waals surface area (Å²) in [7, 11) is 0. The number of thioether (sulfide) groups is 1. The third-order valence-electron chi connectivity index (χ3n) is 3.33. The summed E-state index contributed by atoms with van der Waals surface area (Å²) in [6.45, 7) is 0. The van der Waals surface area contributed by atoms with Gasteiger partial charge in [-0.15, -0.1) is 10.2 Å². The van der Waals surface area contributed by atoms with E-state index in [4.69, 9.17) is 5.84 Å². The molecule has 0 saturated heterocycles. The van der Waals surface area contributed by atoms with Crippen molar-refractivity contribution in [2.24, 2.45) is 5.10 Å². The number of hydrazone groups is 1. The second kappa shape index (κ2) is 8.12. The molecule has 2 aromatic carbocycles. The highest BCUT2D eigenvalue weighted by Crippen LogP contribution is 2.21. The lowest BCUT2D eigenvalue weighted by Gasteiger charge is -2.03. The molecule has 0 aliphatic carbocycles. The van der Waals surface area contributed by atoms with Crippen molar-refractivity contribution in [3.05, 3.63) is 75.8 Å². The summed E-state index contributed by atoms with van der Waals surface area (Å²) in [5.41, 5.74) is 4.40. The van der Waals surface area contributed by atoms with Crippen LogP contribution in [0.2, 0.25) is 0 Å². The molecule has 3 N–H and O–H groups in total. The molecule has 0 atom stereocenters. The van der Waals surface area contributed by atoms with E-state index in [1.54, 1.807) is 12.1 Å². The highest BCUT2D eigenvalue weighted by atomic mass is 32.2. The second-order valence-electron chi connectivity index (χ2n) is 5.17. The normalized spacial score (nSPS) is 10.9. The van der Waals surface area contributed by atoms with E-state index < -0.39 is 4.92 Å². The fraction of sp³-hybridized carbons (Fsp3) is 0.0625. The fourth-order valence-corrected chi connectivity index (χ4v) is 2.87. The highest BCUT2D eigenvalue weighted by molar-refractivity contribution is 7.98. The van der Waals surface area contributed by atoms with Gasteiger partial charge in [0.15, 0.2) is 0 Å². The third kappa shape index (κ3) is 4.36. The van der Waals surface area contributed by atoms with Gasteiger partial charge in [-0.2, -0.15) is 5.10 Å². The molecule has 26 heavy (non-hydrogen) atoms. The number of nitro benzene ring substituents is 1. The Bertz CT molecular complexity index is 927. The molecule has 132 valence electrons. The molecule has 0 saturated carbocycles. The van der Waals surface area contributed by atoms with Crippen molar-refractivity contribution in [1.82, 2.24) is 14.9 Å². The van der Waals surface area contributed by atoms with Gasteiger partial charge in [-0.25, -0.2) is 10.1 Å². The van der Waals surface area contributed by atoms with Gasteiger partial charge in [0.05, 0.1) is 11.1 Å². The molecule has 1 heterocycles. The summed E-state index contributed by atoms with van der Waals surface area (Å²) in [5, 5.41) is 23.3. The Kier molecular flexibility index (Phi) is 5.44. The number of hydrogen-bond acceptors (Lipinski definition) is 8. The third-order valence-corrected chi connectivity index (χ3v) is 4.35. The molecule has 0 fully saturated rings. The van der Waals surface area contributed by atoms with Crippen LogP contribution in [0.4, 0.5) is 11.6 Å². The molecule has 3 aromatic rings. The number of hydrogen-bond donors (Lipinski definition) is 2. The van der Waals surface area contributed by atoms with Gasteiger partial charge in [-0.1, -0.05) is 54.2 Å². The number of nitrogen functional groups attached to an aromatic ring is 1. The van der Waals surface area contributed by atoms with Gasteiger partial charge in [0.25, 0.3) is 11.6 Å². The first-order valence-electron chi connectivity index (χ1n) is 7.54.